The van der Waals surface area contributed by atoms with Crippen LogP contribution in [0, 0.1) is 24.0 Å². The lowest BCUT2D eigenvalue weighted by Crippen LogP contribution is -1.99. The van der Waals surface area contributed by atoms with E-state index in [4.69, 9.17) is 0 Å². The Labute approximate surface area is 116 Å². The molecule has 1 N–H and O–H groups in total. The Bertz CT molecular complexity index is 675. The summed E-state index contributed by atoms with van der Waals surface area (Å²) in [5.41, 5.74) is 5.65. The molecule has 0 aliphatic rings. The summed E-state index contributed by atoms with van der Waals surface area (Å²) in [7, 11) is 1.97. The van der Waals surface area contributed by atoms with Crippen molar-refractivity contribution in [2.45, 2.75) is 13.8 Å². The summed E-state index contributed by atoms with van der Waals surface area (Å²) in [6.45, 7) is 3.99. The number of pyridine rings is 1. The molecule has 0 atom stereocenters. The van der Waals surface area contributed by atoms with Gasteiger partial charge in [-0.2, -0.15) is 5.10 Å². The van der Waals surface area contributed by atoms with Gasteiger partial charge in [0.15, 0.2) is 0 Å². The first-order chi connectivity index (χ1) is 9.50. The molecule has 0 saturated heterocycles. The van der Waals surface area contributed by atoms with E-state index >= 15 is 0 Å². The first kappa shape index (κ1) is 13.7. The van der Waals surface area contributed by atoms with Crippen molar-refractivity contribution in [2.24, 2.45) is 12.1 Å². The number of nitrogens with zero attached hydrogens (tertiary/aromatic N) is 4. The Kier molecular flexibility index (Phi) is 3.79. The zero-order valence-corrected chi connectivity index (χ0v) is 11.5. The molecule has 104 valence electrons. The largest absolute Gasteiger partial charge is 0.352 e. The molecule has 0 radical (unpaired) electrons. The number of nitrogens with one attached hydrogen (secondary N) is 1. The molecule has 0 spiro atoms. The molecule has 0 amide bonds. The molecule has 20 heavy (non-hydrogen) atoms. The number of hydrogen-bond acceptors (Lipinski definition) is 5. The van der Waals surface area contributed by atoms with E-state index in [0.29, 0.717) is 0 Å². The Balaban J connectivity index is 2.18. The summed E-state index contributed by atoms with van der Waals surface area (Å²) in [5, 5.41) is 14.8. The normalized spacial score (nSPS) is 10.9. The van der Waals surface area contributed by atoms with Crippen LogP contribution in [0.5, 0.6) is 0 Å². The van der Waals surface area contributed by atoms with Crippen LogP contribution < -0.4 is 5.43 Å². The van der Waals surface area contributed by atoms with Crippen molar-refractivity contribution in [3.8, 4) is 0 Å². The monoisotopic (exact) mass is 273 g/mol. The Morgan fingerprint density at radius 3 is 2.85 bits per heavy atom. The Morgan fingerprint density at radius 1 is 1.50 bits per heavy atom. The molecule has 2 heterocycles. The minimum absolute atomic E-state index is 0.106. The van der Waals surface area contributed by atoms with Crippen LogP contribution in [0.4, 0.5) is 11.5 Å². The minimum Gasteiger partial charge on any atom is -0.352 e. The number of anilines is 1. The van der Waals surface area contributed by atoms with Gasteiger partial charge in [-0.05, 0) is 26.0 Å². The molecule has 0 unspecified atom stereocenters. The first-order valence-corrected chi connectivity index (χ1v) is 6.02. The topological polar surface area (TPSA) is 85.3 Å². The van der Waals surface area contributed by atoms with Crippen LogP contribution in [0.2, 0.25) is 0 Å². The number of hydrogen-bond donors (Lipinski definition) is 1. The van der Waals surface area contributed by atoms with Crippen molar-refractivity contribution >= 4 is 17.7 Å². The number of aryl methyl sites for hydroxylation is 1. The second-order valence-electron chi connectivity index (χ2n) is 4.38. The zero-order valence-electron chi connectivity index (χ0n) is 11.5. The van der Waals surface area contributed by atoms with E-state index in [9.17, 15) is 10.1 Å². The molecule has 0 aliphatic heterocycles. The third-order valence-corrected chi connectivity index (χ3v) is 3.17. The second kappa shape index (κ2) is 5.52. The number of nitro groups is 1. The third kappa shape index (κ3) is 2.66. The van der Waals surface area contributed by atoms with Crippen LogP contribution in [0.1, 0.15) is 17.0 Å². The summed E-state index contributed by atoms with van der Waals surface area (Å²) in [5.74, 6) is 0.124. The third-order valence-electron chi connectivity index (χ3n) is 3.17. The summed E-state index contributed by atoms with van der Waals surface area (Å²) in [4.78, 5) is 14.2. The maximum atomic E-state index is 10.8. The van der Waals surface area contributed by atoms with Crippen molar-refractivity contribution in [1.82, 2.24) is 9.55 Å². The molecule has 7 nitrogen and oxygen atoms in total. The summed E-state index contributed by atoms with van der Waals surface area (Å²) >= 11 is 0. The molecule has 0 aromatic carbocycles. The number of hydrazone groups is 1. The van der Waals surface area contributed by atoms with Crippen molar-refractivity contribution in [1.29, 1.82) is 0 Å². The molecule has 7 heteroatoms. The van der Waals surface area contributed by atoms with Gasteiger partial charge in [-0.3, -0.25) is 15.5 Å². The summed E-state index contributed by atoms with van der Waals surface area (Å²) in [6.07, 6.45) is 3.10. The van der Waals surface area contributed by atoms with Crippen molar-refractivity contribution in [3.63, 3.8) is 0 Å². The molecule has 2 aromatic rings. The lowest BCUT2D eigenvalue weighted by Gasteiger charge is -2.00. The van der Waals surface area contributed by atoms with E-state index in [2.05, 4.69) is 15.5 Å². The fourth-order valence-electron chi connectivity index (χ4n) is 1.81. The van der Waals surface area contributed by atoms with Gasteiger partial charge in [-0.1, -0.05) is 0 Å². The molecule has 0 fully saturated rings. The molecule has 0 bridgehead atoms. The Morgan fingerprint density at radius 2 is 2.25 bits per heavy atom. The van der Waals surface area contributed by atoms with Gasteiger partial charge in [0.05, 0.1) is 11.1 Å². The smallest absolute Gasteiger partial charge is 0.313 e. The second-order valence-corrected chi connectivity index (χ2v) is 4.38. The highest BCUT2D eigenvalue weighted by molar-refractivity contribution is 5.82. The van der Waals surface area contributed by atoms with Crippen molar-refractivity contribution < 1.29 is 4.92 Å². The zero-order chi connectivity index (χ0) is 14.7. The van der Waals surface area contributed by atoms with Crippen LogP contribution in [0.3, 0.4) is 0 Å². The highest BCUT2D eigenvalue weighted by atomic mass is 16.6. The maximum absolute atomic E-state index is 10.8. The van der Waals surface area contributed by atoms with Gasteiger partial charge in [0.1, 0.15) is 0 Å². The van der Waals surface area contributed by atoms with E-state index in [-0.39, 0.29) is 11.5 Å². The first-order valence-electron chi connectivity index (χ1n) is 6.02. The lowest BCUT2D eigenvalue weighted by molar-refractivity contribution is -0.384. The fraction of sp³-hybridized carbons (Fsp3) is 0.231. The van der Waals surface area contributed by atoms with Crippen molar-refractivity contribution in [3.05, 3.63) is 51.5 Å². The summed E-state index contributed by atoms with van der Waals surface area (Å²) in [6, 6.07) is 4.88. The van der Waals surface area contributed by atoms with Gasteiger partial charge in [-0.25, -0.2) is 4.98 Å². The van der Waals surface area contributed by atoms with E-state index < -0.39 is 4.92 Å². The quantitative estimate of drug-likeness (QED) is 0.526. The average Bonchev–Trinajstić information content (AvgIpc) is 2.67. The van der Waals surface area contributed by atoms with E-state index in [0.717, 1.165) is 17.0 Å². The van der Waals surface area contributed by atoms with Gasteiger partial charge in [0, 0.05) is 36.3 Å². The predicted molar refractivity (Wildman–Crippen MR) is 77.0 cm³/mol. The lowest BCUT2D eigenvalue weighted by atomic mass is 10.3. The van der Waals surface area contributed by atoms with Crippen LogP contribution in [-0.2, 0) is 7.05 Å². The van der Waals surface area contributed by atoms with E-state index in [1.54, 1.807) is 6.21 Å². The maximum Gasteiger partial charge on any atom is 0.313 e. The molecule has 2 aromatic heterocycles. The van der Waals surface area contributed by atoms with Gasteiger partial charge in [0.2, 0.25) is 5.82 Å². The molecule has 2 rings (SSSR count). The highest BCUT2D eigenvalue weighted by Gasteiger charge is 2.13. The van der Waals surface area contributed by atoms with Crippen LogP contribution in [0.25, 0.3) is 0 Å². The van der Waals surface area contributed by atoms with Gasteiger partial charge in [-0.15, -0.1) is 0 Å². The molecule has 0 saturated carbocycles. The fourth-order valence-corrected chi connectivity index (χ4v) is 1.81. The highest BCUT2D eigenvalue weighted by Crippen LogP contribution is 2.20. The van der Waals surface area contributed by atoms with Crippen molar-refractivity contribution in [2.75, 3.05) is 5.43 Å². The molecular weight excluding hydrogens is 258 g/mol. The minimum atomic E-state index is -0.497. The van der Waals surface area contributed by atoms with Crippen LogP contribution >= 0.6 is 0 Å². The average molecular weight is 273 g/mol. The van der Waals surface area contributed by atoms with Gasteiger partial charge < -0.3 is 4.57 Å². The summed E-state index contributed by atoms with van der Waals surface area (Å²) < 4.78 is 2.05. The van der Waals surface area contributed by atoms with Crippen LogP contribution in [0.15, 0.2) is 29.5 Å². The number of rotatable bonds is 4. The SMILES string of the molecule is Cc1cc(/C=N\Nc2ncccc2[N+](=O)[O-])c(C)n1C. The predicted octanol–water partition coefficient (Wildman–Crippen LogP) is 2.39. The van der Waals surface area contributed by atoms with E-state index in [1.807, 2.05) is 31.5 Å². The standard InChI is InChI=1S/C13H15N5O2/c1-9-7-11(10(2)17(9)3)8-15-16-13-12(18(19)20)5-4-6-14-13/h4-8H,1-3H3,(H,14,16)/b15-8-. The van der Waals surface area contributed by atoms with Gasteiger partial charge >= 0.3 is 5.69 Å². The van der Waals surface area contributed by atoms with Crippen LogP contribution in [-0.4, -0.2) is 20.7 Å². The molecule has 0 aliphatic carbocycles. The van der Waals surface area contributed by atoms with E-state index in [1.165, 1.54) is 18.3 Å². The molecular formula is C13H15N5O2. The Hall–Kier alpha value is -2.70. The van der Waals surface area contributed by atoms with Gasteiger partial charge in [0.25, 0.3) is 0 Å². The number of aromatic nitrogens is 2.